The number of fused-ring (bicyclic) bond motifs is 5. The predicted octanol–water partition coefficient (Wildman–Crippen LogP) is 13.8. The number of nitrogens with one attached hydrogen (secondary N) is 2. The van der Waals surface area contributed by atoms with E-state index < -0.39 is 46.8 Å². The number of ketones is 1. The van der Waals surface area contributed by atoms with Gasteiger partial charge in [0, 0.05) is 64.9 Å². The monoisotopic (exact) mass is 1210 g/mol. The van der Waals surface area contributed by atoms with E-state index in [1.165, 1.54) is 25.7 Å². The van der Waals surface area contributed by atoms with Crippen molar-refractivity contribution < 1.29 is 44.9 Å². The number of phenolic OH excluding ortho intramolecular Hbond substituents is 3. The lowest BCUT2D eigenvalue weighted by molar-refractivity contribution is -0.150. The third-order valence-electron chi connectivity index (χ3n) is 21.1. The fraction of sp³-hybridized carbons (Fsp3) is 0.522. The maximum Gasteiger partial charge on any atom is 0.164 e. The number of aromatic hydroxyl groups is 3. The van der Waals surface area contributed by atoms with Crippen LogP contribution in [-0.2, 0) is 41.4 Å². The maximum atomic E-state index is 17.7. The summed E-state index contributed by atoms with van der Waals surface area (Å²) in [6, 6.07) is 27.4. The first-order valence-corrected chi connectivity index (χ1v) is 35.8. The first kappa shape index (κ1) is 59.9. The molecule has 8 N–H and O–H groups in total. The standard InChI is InChI=1S/C69H84N2O9S4/c1-4-42-13-14-43-11-10-12-52-60(37-72)84-83-38-47-30-61(76)69(50-31-49(32-51(73)33-50)68(70-2)23-6-5-7-24-68,55-40-82-81-39-48-35-67(21-8-9-22-67)25-19-58(48)80-59-29-45(55)16-17-56(59)74)66(78)63(47)64(77)46(27-41-20-26-71-36-41)28-44-15-18-57(75)65(79-3)54(44)34-53(42)62(43)52/h10-18,20,26,29,31-33,36,46-48,55,58,60-61,63-64,70-77H,4-9,19,21-25,27-28,30,34-35,37-40H2,1-3H3/t46-,47+,48-,55-,58+,60+,61-,63-,64+,69+/m1/s1. The highest BCUT2D eigenvalue weighted by Crippen LogP contribution is 2.59. The van der Waals surface area contributed by atoms with E-state index in [1.807, 2.05) is 66.6 Å². The van der Waals surface area contributed by atoms with E-state index in [-0.39, 0.29) is 53.3 Å². The summed E-state index contributed by atoms with van der Waals surface area (Å²) >= 11 is 0. The molecule has 0 unspecified atom stereocenters. The van der Waals surface area contributed by atoms with E-state index in [0.29, 0.717) is 53.2 Å². The fourth-order valence-electron chi connectivity index (χ4n) is 16.7. The zero-order chi connectivity index (χ0) is 58.3. The van der Waals surface area contributed by atoms with Gasteiger partial charge in [-0.25, -0.2) is 0 Å². The number of aryl methyl sites for hydroxylation is 1. The van der Waals surface area contributed by atoms with Gasteiger partial charge < -0.3 is 50.4 Å². The largest absolute Gasteiger partial charge is 0.508 e. The Labute approximate surface area is 511 Å². The van der Waals surface area contributed by atoms with E-state index in [4.69, 9.17) is 9.47 Å². The fourth-order valence-corrected chi connectivity index (χ4v) is 22.4. The number of carbonyl (C=O) groups is 1. The molecule has 4 aliphatic carbocycles. The number of aliphatic hydroxyl groups excluding tert-OH is 3. The number of ether oxygens (including phenoxy) is 2. The van der Waals surface area contributed by atoms with Crippen LogP contribution in [0.2, 0.25) is 0 Å². The minimum Gasteiger partial charge on any atom is -0.508 e. The number of phenols is 3. The molecule has 0 radical (unpaired) electrons. The van der Waals surface area contributed by atoms with Crippen molar-refractivity contribution in [1.82, 2.24) is 10.3 Å². The minimum atomic E-state index is -1.73. The van der Waals surface area contributed by atoms with Crippen molar-refractivity contribution in [1.29, 1.82) is 0 Å². The number of aromatic amines is 1. The zero-order valence-corrected chi connectivity index (χ0v) is 52.1. The van der Waals surface area contributed by atoms with Crippen molar-refractivity contribution in [3.63, 3.8) is 0 Å². The quantitative estimate of drug-likeness (QED) is 0.0640. The number of benzene rings is 5. The Morgan fingerprint density at radius 1 is 0.810 bits per heavy atom. The van der Waals surface area contributed by atoms with Crippen molar-refractivity contribution >= 4 is 59.7 Å². The number of hydrogen-bond donors (Lipinski definition) is 8. The molecular weight excluding hydrogens is 1130 g/mol. The SMILES string of the molecule is CCc1ccc2cccc3c2c1Cc1c(ccc(O)c1OC)C[C@@H](Cc1cc[nH]c1)[C@H](O)[C@@H]1C(=O)[C@@](c2cc(O)cc(C4(NC)CCCCC4)c2)([C@@H]2CSSC[C@H]4CC5(CCCC5)CC[C@@H]4Oc4cc2ccc4O)[C@H](O)C[C@H]1CSS[C@H]3CO. The molecular formula is C69H84N2O9S4. The van der Waals surface area contributed by atoms with Gasteiger partial charge in [-0.05, 0) is 187 Å². The number of Topliss-reactive ketones (excluding diaryl/α,β-unsaturated/α-hetero) is 1. The average molecular weight is 1210 g/mol. The highest BCUT2D eigenvalue weighted by atomic mass is 33.1. The molecule has 6 aliphatic rings. The van der Waals surface area contributed by atoms with Gasteiger partial charge in [0.05, 0.1) is 36.6 Å². The van der Waals surface area contributed by atoms with Crippen molar-refractivity contribution in [2.45, 2.75) is 157 Å². The molecule has 2 bridgehead atoms. The molecule has 84 heavy (non-hydrogen) atoms. The Morgan fingerprint density at radius 3 is 2.35 bits per heavy atom. The summed E-state index contributed by atoms with van der Waals surface area (Å²) in [6.07, 6.45) is 16.1. The number of aromatic nitrogens is 1. The van der Waals surface area contributed by atoms with Gasteiger partial charge in [0.2, 0.25) is 0 Å². The van der Waals surface area contributed by atoms with Crippen LogP contribution < -0.4 is 14.8 Å². The molecule has 1 aromatic heterocycles. The molecule has 2 aliphatic heterocycles. The lowest BCUT2D eigenvalue weighted by Crippen LogP contribution is -2.62. The van der Waals surface area contributed by atoms with Gasteiger partial charge in [-0.2, -0.15) is 0 Å². The zero-order valence-electron chi connectivity index (χ0n) is 48.8. The summed E-state index contributed by atoms with van der Waals surface area (Å²) in [5.41, 5.74) is 6.07. The highest BCUT2D eigenvalue weighted by molar-refractivity contribution is 8.77. The van der Waals surface area contributed by atoms with Crippen LogP contribution in [0.15, 0.2) is 97.3 Å². The van der Waals surface area contributed by atoms with E-state index in [9.17, 15) is 30.6 Å². The van der Waals surface area contributed by atoms with Gasteiger partial charge in [0.15, 0.2) is 28.8 Å². The summed E-state index contributed by atoms with van der Waals surface area (Å²) in [5, 5.41) is 80.5. The van der Waals surface area contributed by atoms with Crippen LogP contribution in [0.4, 0.5) is 0 Å². The molecule has 10 atom stereocenters. The number of aliphatic hydroxyl groups is 3. The Bertz CT molecular complexity index is 3310. The second-order valence-corrected chi connectivity index (χ2v) is 30.7. The van der Waals surface area contributed by atoms with Crippen LogP contribution in [0.25, 0.3) is 10.8 Å². The minimum absolute atomic E-state index is 0.00683. The topological polar surface area (TPSA) is 185 Å². The van der Waals surface area contributed by atoms with Crippen LogP contribution in [0.1, 0.15) is 152 Å². The van der Waals surface area contributed by atoms with Crippen molar-refractivity contribution in [2.75, 3.05) is 38.0 Å². The molecule has 0 saturated heterocycles. The van der Waals surface area contributed by atoms with E-state index in [0.717, 1.165) is 119 Å². The van der Waals surface area contributed by atoms with Gasteiger partial charge in [0.25, 0.3) is 0 Å². The molecule has 0 amide bonds. The van der Waals surface area contributed by atoms with Gasteiger partial charge >= 0.3 is 0 Å². The Kier molecular flexibility index (Phi) is 18.1. The number of hydrogen-bond acceptors (Lipinski definition) is 14. The molecule has 4 saturated carbocycles. The van der Waals surface area contributed by atoms with Crippen molar-refractivity contribution in [3.05, 3.63) is 147 Å². The smallest absolute Gasteiger partial charge is 0.164 e. The summed E-state index contributed by atoms with van der Waals surface area (Å²) < 4.78 is 13.2. The number of carbonyl (C=O) groups excluding carboxylic acids is 1. The Balaban J connectivity index is 1.05. The number of H-pyrrole nitrogens is 1. The van der Waals surface area contributed by atoms with Gasteiger partial charge in [0.1, 0.15) is 11.9 Å². The van der Waals surface area contributed by atoms with E-state index >= 15 is 4.79 Å². The maximum absolute atomic E-state index is 17.7. The molecule has 15 heteroatoms. The summed E-state index contributed by atoms with van der Waals surface area (Å²) in [6.45, 7) is 2.00. The van der Waals surface area contributed by atoms with Crippen molar-refractivity contribution in [2.24, 2.45) is 29.1 Å². The molecule has 12 rings (SSSR count). The van der Waals surface area contributed by atoms with Gasteiger partial charge in [-0.15, -0.1) is 0 Å². The van der Waals surface area contributed by atoms with Gasteiger partial charge in [-0.1, -0.05) is 131 Å². The van der Waals surface area contributed by atoms with Crippen LogP contribution in [0.3, 0.4) is 0 Å². The number of rotatable bonds is 9. The van der Waals surface area contributed by atoms with Crippen LogP contribution in [0, 0.1) is 29.1 Å². The van der Waals surface area contributed by atoms with Crippen LogP contribution in [0.5, 0.6) is 28.7 Å². The first-order chi connectivity index (χ1) is 40.8. The first-order valence-electron chi connectivity index (χ1n) is 30.9. The van der Waals surface area contributed by atoms with Crippen LogP contribution >= 0.6 is 43.2 Å². The second-order valence-electron chi connectivity index (χ2n) is 25.5. The lowest BCUT2D eigenvalue weighted by Gasteiger charge is -2.53. The van der Waals surface area contributed by atoms with Gasteiger partial charge in [-0.3, -0.25) is 4.79 Å². The Morgan fingerprint density at radius 2 is 1.58 bits per heavy atom. The summed E-state index contributed by atoms with van der Waals surface area (Å²) in [7, 11) is 10.2. The molecule has 5 aromatic carbocycles. The molecule has 448 valence electrons. The summed E-state index contributed by atoms with van der Waals surface area (Å²) in [4.78, 5) is 20.9. The van der Waals surface area contributed by atoms with E-state index in [1.54, 1.807) is 57.7 Å². The molecule has 1 spiro atoms. The Hall–Kier alpha value is -4.45. The lowest BCUT2D eigenvalue weighted by atomic mass is 9.52. The molecule has 4 fully saturated rings. The molecule has 3 heterocycles. The second kappa shape index (κ2) is 25.3. The highest BCUT2D eigenvalue weighted by Gasteiger charge is 2.62. The predicted molar refractivity (Wildman–Crippen MR) is 343 cm³/mol. The average Bonchev–Trinajstić information content (AvgIpc) is 0.918. The van der Waals surface area contributed by atoms with E-state index in [2.05, 4.69) is 47.6 Å². The number of methoxy groups -OCH3 is 1. The van der Waals surface area contributed by atoms with Crippen molar-refractivity contribution in [3.8, 4) is 28.7 Å². The molecule has 6 aromatic rings. The molecule has 11 nitrogen and oxygen atoms in total. The summed E-state index contributed by atoms with van der Waals surface area (Å²) in [5.74, 6) is -0.461. The third kappa shape index (κ3) is 11.2. The normalized spacial score (nSPS) is 29.1. The van der Waals surface area contributed by atoms with Crippen LogP contribution in [-0.4, -0.2) is 97.7 Å². The third-order valence-corrected chi connectivity index (χ3v) is 26.5.